The number of nitrogens with zero attached hydrogens (tertiary/aromatic N) is 1. The number of nitrogens with one attached hydrogen (secondary N) is 1. The molecular weight excluding hydrogens is 347 g/mol. The number of halogens is 1. The van der Waals surface area contributed by atoms with E-state index in [0.29, 0.717) is 5.56 Å². The minimum atomic E-state index is -0.849. The van der Waals surface area contributed by atoms with Crippen molar-refractivity contribution in [2.75, 3.05) is 13.2 Å². The predicted molar refractivity (Wildman–Crippen MR) is 101 cm³/mol. The summed E-state index contributed by atoms with van der Waals surface area (Å²) in [5.41, 5.74) is 1.39. The molecule has 2 N–H and O–H groups in total. The van der Waals surface area contributed by atoms with E-state index in [-0.39, 0.29) is 43.2 Å². The standard InChI is InChI=1S/C21H25FN2O3/c1-15(2)21(27)24(14-16-8-10-18(22)11-9-16)19(20(26)23-12-13-25)17-6-4-3-5-7-17/h3-11,15,19,25H,12-14H2,1-2H3,(H,23,26). The van der Waals surface area contributed by atoms with E-state index in [1.54, 1.807) is 50.2 Å². The largest absolute Gasteiger partial charge is 0.395 e. The molecule has 0 aliphatic carbocycles. The smallest absolute Gasteiger partial charge is 0.247 e. The summed E-state index contributed by atoms with van der Waals surface area (Å²) in [5, 5.41) is 11.7. The Morgan fingerprint density at radius 3 is 2.26 bits per heavy atom. The highest BCUT2D eigenvalue weighted by atomic mass is 19.1. The van der Waals surface area contributed by atoms with E-state index in [1.807, 2.05) is 6.07 Å². The first-order valence-electron chi connectivity index (χ1n) is 8.92. The summed E-state index contributed by atoms with van der Waals surface area (Å²) < 4.78 is 13.2. The summed E-state index contributed by atoms with van der Waals surface area (Å²) >= 11 is 0. The average Bonchev–Trinajstić information content (AvgIpc) is 2.67. The lowest BCUT2D eigenvalue weighted by Crippen LogP contribution is -2.45. The van der Waals surface area contributed by atoms with Crippen LogP contribution in [0.2, 0.25) is 0 Å². The van der Waals surface area contributed by atoms with Gasteiger partial charge in [-0.3, -0.25) is 9.59 Å². The Morgan fingerprint density at radius 2 is 1.70 bits per heavy atom. The van der Waals surface area contributed by atoms with Crippen LogP contribution in [-0.4, -0.2) is 35.0 Å². The van der Waals surface area contributed by atoms with Crippen LogP contribution >= 0.6 is 0 Å². The average molecular weight is 372 g/mol. The van der Waals surface area contributed by atoms with Gasteiger partial charge in [0.25, 0.3) is 0 Å². The molecular formula is C21H25FN2O3. The van der Waals surface area contributed by atoms with E-state index in [9.17, 15) is 14.0 Å². The van der Waals surface area contributed by atoms with Gasteiger partial charge >= 0.3 is 0 Å². The maximum atomic E-state index is 13.2. The summed E-state index contributed by atoms with van der Waals surface area (Å²) in [6, 6.07) is 14.0. The van der Waals surface area contributed by atoms with Crippen molar-refractivity contribution >= 4 is 11.8 Å². The SMILES string of the molecule is CC(C)C(=O)N(Cc1ccc(F)cc1)C(C(=O)NCCO)c1ccccc1. The molecule has 0 aliphatic rings. The first kappa shape index (κ1) is 20.6. The Kier molecular flexibility index (Phi) is 7.49. The Labute approximate surface area is 158 Å². The number of carbonyl (C=O) groups is 2. The fourth-order valence-electron chi connectivity index (χ4n) is 2.80. The molecule has 2 aromatic carbocycles. The van der Waals surface area contributed by atoms with Gasteiger partial charge in [0.05, 0.1) is 6.61 Å². The van der Waals surface area contributed by atoms with Gasteiger partial charge in [-0.05, 0) is 23.3 Å². The molecule has 144 valence electrons. The fraction of sp³-hybridized carbons (Fsp3) is 0.333. The van der Waals surface area contributed by atoms with Crippen molar-refractivity contribution in [1.29, 1.82) is 0 Å². The molecule has 0 aliphatic heterocycles. The van der Waals surface area contributed by atoms with Gasteiger partial charge in [-0.1, -0.05) is 56.3 Å². The van der Waals surface area contributed by atoms with Crippen LogP contribution in [0.25, 0.3) is 0 Å². The molecule has 2 amide bonds. The van der Waals surface area contributed by atoms with Crippen molar-refractivity contribution < 1.29 is 19.1 Å². The van der Waals surface area contributed by atoms with E-state index in [0.717, 1.165) is 5.56 Å². The number of carbonyl (C=O) groups excluding carboxylic acids is 2. The molecule has 0 fully saturated rings. The number of amides is 2. The highest BCUT2D eigenvalue weighted by molar-refractivity contribution is 5.89. The van der Waals surface area contributed by atoms with Gasteiger partial charge in [-0.2, -0.15) is 0 Å². The van der Waals surface area contributed by atoms with E-state index in [2.05, 4.69) is 5.32 Å². The van der Waals surface area contributed by atoms with Gasteiger partial charge in [0.2, 0.25) is 11.8 Å². The van der Waals surface area contributed by atoms with Crippen LogP contribution in [0, 0.1) is 11.7 Å². The van der Waals surface area contributed by atoms with Crippen molar-refractivity contribution in [2.45, 2.75) is 26.4 Å². The number of aliphatic hydroxyl groups excluding tert-OH is 1. The molecule has 0 spiro atoms. The minimum absolute atomic E-state index is 0.0996. The zero-order chi connectivity index (χ0) is 19.8. The normalized spacial score (nSPS) is 11.9. The number of rotatable bonds is 8. The second kappa shape index (κ2) is 9.83. The van der Waals surface area contributed by atoms with Crippen LogP contribution < -0.4 is 5.32 Å². The summed E-state index contributed by atoms with van der Waals surface area (Å²) in [6.07, 6.45) is 0. The second-order valence-electron chi connectivity index (χ2n) is 6.58. The molecule has 0 saturated carbocycles. The van der Waals surface area contributed by atoms with E-state index in [4.69, 9.17) is 5.11 Å². The van der Waals surface area contributed by atoms with E-state index in [1.165, 1.54) is 17.0 Å². The molecule has 2 rings (SSSR count). The highest BCUT2D eigenvalue weighted by Gasteiger charge is 2.32. The highest BCUT2D eigenvalue weighted by Crippen LogP contribution is 2.25. The monoisotopic (exact) mass is 372 g/mol. The van der Waals surface area contributed by atoms with Gasteiger partial charge in [-0.15, -0.1) is 0 Å². The van der Waals surface area contributed by atoms with Crippen molar-refractivity contribution in [1.82, 2.24) is 10.2 Å². The topological polar surface area (TPSA) is 69.6 Å². The second-order valence-corrected chi connectivity index (χ2v) is 6.58. The summed E-state index contributed by atoms with van der Waals surface area (Å²) in [7, 11) is 0. The first-order valence-corrected chi connectivity index (χ1v) is 8.92. The predicted octanol–water partition coefficient (Wildman–Crippen LogP) is 2.66. The molecule has 27 heavy (non-hydrogen) atoms. The quantitative estimate of drug-likeness (QED) is 0.748. The lowest BCUT2D eigenvalue weighted by Gasteiger charge is -2.33. The third-order valence-corrected chi connectivity index (χ3v) is 4.13. The molecule has 0 radical (unpaired) electrons. The zero-order valence-electron chi connectivity index (χ0n) is 15.6. The van der Waals surface area contributed by atoms with Crippen LogP contribution in [0.15, 0.2) is 54.6 Å². The summed E-state index contributed by atoms with van der Waals surface area (Å²) in [6.45, 7) is 3.62. The van der Waals surface area contributed by atoms with E-state index < -0.39 is 6.04 Å². The maximum absolute atomic E-state index is 13.2. The molecule has 5 nitrogen and oxygen atoms in total. The summed E-state index contributed by atoms with van der Waals surface area (Å²) in [4.78, 5) is 27.3. The van der Waals surface area contributed by atoms with Gasteiger partial charge in [0.1, 0.15) is 11.9 Å². The van der Waals surface area contributed by atoms with Crippen molar-refractivity contribution in [2.24, 2.45) is 5.92 Å². The number of aliphatic hydroxyl groups is 1. The van der Waals surface area contributed by atoms with Gasteiger partial charge in [0.15, 0.2) is 0 Å². The molecule has 1 unspecified atom stereocenters. The molecule has 0 bridgehead atoms. The van der Waals surface area contributed by atoms with Gasteiger partial charge < -0.3 is 15.3 Å². The van der Waals surface area contributed by atoms with Crippen molar-refractivity contribution in [3.63, 3.8) is 0 Å². The Bertz CT molecular complexity index is 748. The lowest BCUT2D eigenvalue weighted by atomic mass is 10.0. The minimum Gasteiger partial charge on any atom is -0.395 e. The Morgan fingerprint density at radius 1 is 1.07 bits per heavy atom. The van der Waals surface area contributed by atoms with Crippen LogP contribution in [0.3, 0.4) is 0 Å². The molecule has 0 saturated heterocycles. The number of hydrogen-bond donors (Lipinski definition) is 2. The fourth-order valence-corrected chi connectivity index (χ4v) is 2.80. The first-order chi connectivity index (χ1) is 12.9. The third kappa shape index (κ3) is 5.62. The third-order valence-electron chi connectivity index (χ3n) is 4.13. The van der Waals surface area contributed by atoms with Gasteiger partial charge in [-0.25, -0.2) is 4.39 Å². The number of benzene rings is 2. The van der Waals surface area contributed by atoms with Crippen molar-refractivity contribution in [3.05, 3.63) is 71.5 Å². The molecule has 0 heterocycles. The van der Waals surface area contributed by atoms with Crippen LogP contribution in [0.1, 0.15) is 31.0 Å². The van der Waals surface area contributed by atoms with Crippen molar-refractivity contribution in [3.8, 4) is 0 Å². The zero-order valence-corrected chi connectivity index (χ0v) is 15.6. The summed E-state index contributed by atoms with van der Waals surface area (Å²) in [5.74, 6) is -1.23. The maximum Gasteiger partial charge on any atom is 0.247 e. The van der Waals surface area contributed by atoms with Gasteiger partial charge in [0, 0.05) is 19.0 Å². The van der Waals surface area contributed by atoms with Crippen LogP contribution in [-0.2, 0) is 16.1 Å². The van der Waals surface area contributed by atoms with E-state index >= 15 is 0 Å². The Balaban J connectivity index is 2.43. The Hall–Kier alpha value is -2.73. The molecule has 6 heteroatoms. The lowest BCUT2D eigenvalue weighted by molar-refractivity contribution is -0.144. The van der Waals surface area contributed by atoms with Crippen LogP contribution in [0.4, 0.5) is 4.39 Å². The van der Waals surface area contributed by atoms with Crippen LogP contribution in [0.5, 0.6) is 0 Å². The molecule has 1 atom stereocenters. The molecule has 0 aromatic heterocycles. The number of hydrogen-bond acceptors (Lipinski definition) is 3. The molecule has 2 aromatic rings.